The first-order chi connectivity index (χ1) is 13.5. The Labute approximate surface area is 171 Å². The van der Waals surface area contributed by atoms with Crippen LogP contribution in [0.5, 0.6) is 0 Å². The van der Waals surface area contributed by atoms with Crippen molar-refractivity contribution in [1.29, 1.82) is 0 Å². The van der Waals surface area contributed by atoms with E-state index in [9.17, 15) is 13.2 Å². The van der Waals surface area contributed by atoms with E-state index in [0.29, 0.717) is 11.6 Å². The second-order valence-electron chi connectivity index (χ2n) is 6.31. The Morgan fingerprint density at radius 1 is 1.21 bits per heavy atom. The Hall–Kier alpha value is -2.14. The Kier molecular flexibility index (Phi) is 5.28. The summed E-state index contributed by atoms with van der Waals surface area (Å²) in [6.45, 7) is 2.12. The molecule has 0 saturated heterocycles. The van der Waals surface area contributed by atoms with Crippen LogP contribution in [-0.4, -0.2) is 34.9 Å². The number of sulfonamides is 1. The van der Waals surface area contributed by atoms with Gasteiger partial charge in [-0.2, -0.15) is 4.31 Å². The lowest BCUT2D eigenvalue weighted by molar-refractivity contribution is -0.120. The largest absolute Gasteiger partial charge is 0.299 e. The summed E-state index contributed by atoms with van der Waals surface area (Å²) in [5.74, 6) is -0.395. The Morgan fingerprint density at radius 2 is 2.00 bits per heavy atom. The number of benzene rings is 1. The molecule has 1 aliphatic rings. The summed E-state index contributed by atoms with van der Waals surface area (Å²) < 4.78 is 27.9. The maximum absolute atomic E-state index is 13.2. The smallest absolute Gasteiger partial charge is 0.253 e. The van der Waals surface area contributed by atoms with Gasteiger partial charge in [-0.1, -0.05) is 48.6 Å². The molecule has 0 radical (unpaired) electrons. The van der Waals surface area contributed by atoms with E-state index in [2.05, 4.69) is 15.5 Å². The average Bonchev–Trinajstić information content (AvgIpc) is 3.39. The van der Waals surface area contributed by atoms with Crippen LogP contribution >= 0.6 is 22.7 Å². The van der Waals surface area contributed by atoms with E-state index in [1.54, 1.807) is 17.5 Å². The maximum Gasteiger partial charge on any atom is 0.253 e. The number of carbonyl (C=O) groups excluding carboxylic acids is 1. The number of aryl methyl sites for hydroxylation is 1. The number of thiophene rings is 1. The molecule has 10 heteroatoms. The topological polar surface area (TPSA) is 92.3 Å². The lowest BCUT2D eigenvalue weighted by atomic mass is 9.95. The standard InChI is InChI=1S/C18H18N4O3S3/c1-2-15-20-21-18(27-15)19-17(23)14-10-12-6-3-4-7-13(12)11-22(14)28(24,25)16-8-5-9-26-16/h3-9,14H,2,10-11H2,1H3,(H,19,21,23)/t14-/m1/s1. The van der Waals surface area contributed by atoms with Crippen molar-refractivity contribution in [2.75, 3.05) is 5.32 Å². The normalized spacial score (nSPS) is 17.2. The summed E-state index contributed by atoms with van der Waals surface area (Å²) in [4.78, 5) is 13.0. The van der Waals surface area contributed by atoms with Crippen LogP contribution in [0.25, 0.3) is 0 Å². The average molecular weight is 435 g/mol. The molecule has 2 aromatic heterocycles. The van der Waals surface area contributed by atoms with Gasteiger partial charge in [-0.3, -0.25) is 10.1 Å². The predicted octanol–water partition coefficient (Wildman–Crippen LogP) is 2.92. The molecule has 0 fully saturated rings. The van der Waals surface area contributed by atoms with E-state index in [4.69, 9.17) is 0 Å². The van der Waals surface area contributed by atoms with E-state index < -0.39 is 22.0 Å². The fourth-order valence-corrected chi connectivity index (χ4v) is 6.50. The molecule has 0 spiro atoms. The van der Waals surface area contributed by atoms with Crippen molar-refractivity contribution in [2.24, 2.45) is 0 Å². The molecule has 1 atom stereocenters. The van der Waals surface area contributed by atoms with Crippen LogP contribution in [0, 0.1) is 0 Å². The van der Waals surface area contributed by atoms with Crippen molar-refractivity contribution in [3.05, 3.63) is 57.9 Å². The Morgan fingerprint density at radius 3 is 2.68 bits per heavy atom. The zero-order valence-corrected chi connectivity index (χ0v) is 17.5. The molecule has 3 heterocycles. The highest BCUT2D eigenvalue weighted by molar-refractivity contribution is 7.91. The summed E-state index contributed by atoms with van der Waals surface area (Å²) in [5.41, 5.74) is 1.89. The van der Waals surface area contributed by atoms with E-state index in [1.807, 2.05) is 31.2 Å². The van der Waals surface area contributed by atoms with Crippen molar-refractivity contribution < 1.29 is 13.2 Å². The fraction of sp³-hybridized carbons (Fsp3) is 0.278. The molecule has 28 heavy (non-hydrogen) atoms. The van der Waals surface area contributed by atoms with Gasteiger partial charge in [0.25, 0.3) is 10.0 Å². The highest BCUT2D eigenvalue weighted by Gasteiger charge is 2.40. The molecule has 1 aromatic carbocycles. The van der Waals surface area contributed by atoms with E-state index >= 15 is 0 Å². The third-order valence-electron chi connectivity index (χ3n) is 4.57. The summed E-state index contributed by atoms with van der Waals surface area (Å²) in [6, 6.07) is 10.0. The van der Waals surface area contributed by atoms with Crippen LogP contribution in [0.1, 0.15) is 23.1 Å². The van der Waals surface area contributed by atoms with Gasteiger partial charge in [0.05, 0.1) is 0 Å². The third-order valence-corrected chi connectivity index (χ3v) is 8.78. The molecule has 0 aliphatic carbocycles. The van der Waals surface area contributed by atoms with Crippen molar-refractivity contribution in [3.8, 4) is 0 Å². The van der Waals surface area contributed by atoms with Crippen LogP contribution < -0.4 is 5.32 Å². The van der Waals surface area contributed by atoms with Crippen molar-refractivity contribution in [3.63, 3.8) is 0 Å². The molecule has 1 N–H and O–H groups in total. The number of rotatable bonds is 5. The highest BCUT2D eigenvalue weighted by atomic mass is 32.2. The number of aromatic nitrogens is 2. The number of amides is 1. The van der Waals surface area contributed by atoms with Gasteiger partial charge in [0.2, 0.25) is 11.0 Å². The van der Waals surface area contributed by atoms with Crippen LogP contribution in [0.4, 0.5) is 5.13 Å². The van der Waals surface area contributed by atoms with Crippen LogP contribution in [0.15, 0.2) is 46.0 Å². The van der Waals surface area contributed by atoms with Crippen molar-refractivity contribution in [2.45, 2.75) is 36.6 Å². The number of fused-ring (bicyclic) bond motifs is 1. The minimum atomic E-state index is -3.79. The molecule has 0 unspecified atom stereocenters. The highest BCUT2D eigenvalue weighted by Crippen LogP contribution is 2.31. The van der Waals surface area contributed by atoms with Gasteiger partial charge >= 0.3 is 0 Å². The Balaban J connectivity index is 1.68. The van der Waals surface area contributed by atoms with Gasteiger partial charge in [-0.25, -0.2) is 8.42 Å². The molecular formula is C18H18N4O3S3. The molecule has 3 aromatic rings. The monoisotopic (exact) mass is 434 g/mol. The number of hydrogen-bond acceptors (Lipinski definition) is 7. The number of hydrogen-bond donors (Lipinski definition) is 1. The molecule has 4 rings (SSSR count). The van der Waals surface area contributed by atoms with E-state index in [1.165, 1.54) is 15.6 Å². The fourth-order valence-electron chi connectivity index (χ4n) is 3.14. The quantitative estimate of drug-likeness (QED) is 0.667. The second kappa shape index (κ2) is 7.70. The molecular weight excluding hydrogens is 416 g/mol. The van der Waals surface area contributed by atoms with Crippen molar-refractivity contribution >= 4 is 43.7 Å². The SMILES string of the molecule is CCc1nnc(NC(=O)[C@H]2Cc3ccccc3CN2S(=O)(=O)c2cccs2)s1. The first-order valence-corrected chi connectivity index (χ1v) is 11.9. The predicted molar refractivity (Wildman–Crippen MR) is 109 cm³/mol. The molecule has 1 aliphatic heterocycles. The van der Waals surface area contributed by atoms with Crippen LogP contribution in [0.2, 0.25) is 0 Å². The first-order valence-electron chi connectivity index (χ1n) is 8.74. The minimum Gasteiger partial charge on any atom is -0.299 e. The molecule has 0 bridgehead atoms. The summed E-state index contributed by atoms with van der Waals surface area (Å²) in [6.07, 6.45) is 1.04. The zero-order valence-electron chi connectivity index (χ0n) is 15.0. The molecule has 146 valence electrons. The lowest BCUT2D eigenvalue weighted by Gasteiger charge is -2.34. The molecule has 7 nitrogen and oxygen atoms in total. The van der Waals surface area contributed by atoms with Crippen molar-refractivity contribution in [1.82, 2.24) is 14.5 Å². The summed E-state index contributed by atoms with van der Waals surface area (Å²) in [5, 5.41) is 13.6. The Bertz CT molecular complexity index is 1090. The summed E-state index contributed by atoms with van der Waals surface area (Å²) in [7, 11) is -3.79. The first kappa shape index (κ1) is 19.2. The van der Waals surface area contributed by atoms with Gasteiger partial charge in [0, 0.05) is 6.54 Å². The maximum atomic E-state index is 13.2. The van der Waals surface area contributed by atoms with Crippen LogP contribution in [-0.2, 0) is 34.2 Å². The second-order valence-corrected chi connectivity index (χ2v) is 10.4. The third kappa shape index (κ3) is 3.60. The van der Waals surface area contributed by atoms with Gasteiger partial charge in [-0.05, 0) is 35.4 Å². The van der Waals surface area contributed by atoms with Crippen LogP contribution in [0.3, 0.4) is 0 Å². The molecule has 0 saturated carbocycles. The van der Waals surface area contributed by atoms with Gasteiger partial charge in [0.1, 0.15) is 15.3 Å². The van der Waals surface area contributed by atoms with Gasteiger partial charge in [-0.15, -0.1) is 21.5 Å². The lowest BCUT2D eigenvalue weighted by Crippen LogP contribution is -2.50. The number of anilines is 1. The van der Waals surface area contributed by atoms with E-state index in [-0.39, 0.29) is 10.8 Å². The minimum absolute atomic E-state index is 0.158. The number of nitrogens with one attached hydrogen (secondary N) is 1. The summed E-state index contributed by atoms with van der Waals surface area (Å²) >= 11 is 2.44. The number of carbonyl (C=O) groups is 1. The number of nitrogens with zero attached hydrogens (tertiary/aromatic N) is 3. The van der Waals surface area contributed by atoms with Gasteiger partial charge in [0.15, 0.2) is 0 Å². The van der Waals surface area contributed by atoms with Gasteiger partial charge < -0.3 is 0 Å². The zero-order chi connectivity index (χ0) is 19.7. The molecule has 1 amide bonds. The van der Waals surface area contributed by atoms with E-state index in [0.717, 1.165) is 33.9 Å².